The molecular formula is C17H30O16. The molecule has 0 unspecified atom stereocenters. The van der Waals surface area contributed by atoms with E-state index < -0.39 is 67.7 Å². The molecule has 0 saturated heterocycles. The number of carboxylic acids is 6. The summed E-state index contributed by atoms with van der Waals surface area (Å²) in [4.78, 5) is 57.8. The van der Waals surface area contributed by atoms with Gasteiger partial charge in [0.05, 0.1) is 70.4 Å². The highest BCUT2D eigenvalue weighted by Gasteiger charge is 2.26. The van der Waals surface area contributed by atoms with Gasteiger partial charge in [0.2, 0.25) is 0 Å². The summed E-state index contributed by atoms with van der Waals surface area (Å²) in [6, 6.07) is 0. The lowest BCUT2D eigenvalue weighted by atomic mass is 9.93. The summed E-state index contributed by atoms with van der Waals surface area (Å²) in [5.41, 5.74) is -1.11. The molecule has 0 aromatic carbocycles. The van der Waals surface area contributed by atoms with Crippen LogP contribution in [0.1, 0.15) is 38.5 Å². The lowest BCUT2D eigenvalue weighted by molar-refractivity contribution is -0.143. The zero-order valence-electron chi connectivity index (χ0n) is 17.5. The summed E-state index contributed by atoms with van der Waals surface area (Å²) in [6.45, 7) is -1.62. The predicted molar refractivity (Wildman–Crippen MR) is 104 cm³/mol. The quantitative estimate of drug-likeness (QED) is 0.130. The van der Waals surface area contributed by atoms with Gasteiger partial charge >= 0.3 is 35.8 Å². The van der Waals surface area contributed by atoms with Crippen LogP contribution in [0.15, 0.2) is 0 Å². The Morgan fingerprint density at radius 2 is 0.485 bits per heavy atom. The summed E-state index contributed by atoms with van der Waals surface area (Å²) in [6.07, 6.45) is -1.78. The smallest absolute Gasteiger partial charge is 0.303 e. The fourth-order valence-corrected chi connectivity index (χ4v) is 0.942. The highest BCUT2D eigenvalue weighted by atomic mass is 16.4. The van der Waals surface area contributed by atoms with Gasteiger partial charge in [0, 0.05) is 0 Å². The van der Waals surface area contributed by atoms with E-state index >= 15 is 0 Å². The van der Waals surface area contributed by atoms with Gasteiger partial charge in [-0.05, 0) is 0 Å². The second-order valence-corrected chi connectivity index (χ2v) is 5.99. The van der Waals surface area contributed by atoms with Crippen molar-refractivity contribution in [2.75, 3.05) is 26.4 Å². The summed E-state index contributed by atoms with van der Waals surface area (Å²) >= 11 is 0. The molecule has 0 aromatic heterocycles. The van der Waals surface area contributed by atoms with Crippen LogP contribution in [0.4, 0.5) is 0 Å². The van der Waals surface area contributed by atoms with Gasteiger partial charge in [0.1, 0.15) is 0 Å². The van der Waals surface area contributed by atoms with Crippen molar-refractivity contribution in [3.05, 3.63) is 0 Å². The molecule has 0 aliphatic heterocycles. The van der Waals surface area contributed by atoms with E-state index in [0.29, 0.717) is 0 Å². The molecular weight excluding hydrogens is 460 g/mol. The van der Waals surface area contributed by atoms with Crippen LogP contribution in [0, 0.1) is 5.41 Å². The van der Waals surface area contributed by atoms with Crippen molar-refractivity contribution in [2.24, 2.45) is 5.41 Å². The molecule has 33 heavy (non-hydrogen) atoms. The number of carbonyl (C=O) groups is 6. The molecule has 0 aliphatic rings. The Hall–Kier alpha value is -3.34. The first-order chi connectivity index (χ1) is 15.1. The Balaban J connectivity index is -0.000000170. The van der Waals surface area contributed by atoms with Crippen LogP contribution in [-0.2, 0) is 28.8 Å². The number of hydrogen-bond donors (Lipinski definition) is 10. The van der Waals surface area contributed by atoms with E-state index in [4.69, 9.17) is 51.1 Å². The maximum atomic E-state index is 9.64. The number of rotatable bonds is 13. The third kappa shape index (κ3) is 36.4. The maximum absolute atomic E-state index is 9.64. The molecule has 0 rings (SSSR count). The highest BCUT2D eigenvalue weighted by molar-refractivity contribution is 5.76. The van der Waals surface area contributed by atoms with Crippen LogP contribution < -0.4 is 0 Å². The van der Waals surface area contributed by atoms with E-state index in [1.807, 2.05) is 0 Å². The minimum absolute atomic E-state index is 0.296. The average Bonchev–Trinajstić information content (AvgIpc) is 2.73. The van der Waals surface area contributed by atoms with Crippen LogP contribution in [0.2, 0.25) is 0 Å². The molecule has 16 nitrogen and oxygen atoms in total. The van der Waals surface area contributed by atoms with Gasteiger partial charge < -0.3 is 51.1 Å². The molecule has 0 aliphatic carbocycles. The van der Waals surface area contributed by atoms with Crippen LogP contribution in [0.5, 0.6) is 0 Å². The average molecular weight is 490 g/mol. The number of hydrogen-bond acceptors (Lipinski definition) is 10. The van der Waals surface area contributed by atoms with Crippen molar-refractivity contribution in [2.45, 2.75) is 38.5 Å². The van der Waals surface area contributed by atoms with Gasteiger partial charge in [-0.3, -0.25) is 28.8 Å². The predicted octanol–water partition coefficient (Wildman–Crippen LogP) is -2.25. The molecule has 10 N–H and O–H groups in total. The first-order valence-corrected chi connectivity index (χ1v) is 8.87. The van der Waals surface area contributed by atoms with Gasteiger partial charge in [-0.2, -0.15) is 0 Å². The van der Waals surface area contributed by atoms with Crippen molar-refractivity contribution >= 4 is 35.8 Å². The molecule has 0 radical (unpaired) electrons. The van der Waals surface area contributed by atoms with Crippen molar-refractivity contribution in [3.8, 4) is 0 Å². The van der Waals surface area contributed by atoms with E-state index in [0.717, 1.165) is 0 Å². The second kappa shape index (κ2) is 23.3. The van der Waals surface area contributed by atoms with Gasteiger partial charge in [-0.1, -0.05) is 0 Å². The Bertz CT molecular complexity index is 470. The van der Waals surface area contributed by atoms with Crippen molar-refractivity contribution in [1.82, 2.24) is 0 Å². The van der Waals surface area contributed by atoms with E-state index in [1.165, 1.54) is 0 Å². The molecule has 0 bridgehead atoms. The summed E-state index contributed by atoms with van der Waals surface area (Å²) in [5.74, 6) is -6.46. The Morgan fingerprint density at radius 1 is 0.364 bits per heavy atom. The Labute approximate surface area is 187 Å². The molecule has 0 atom stereocenters. The van der Waals surface area contributed by atoms with Crippen LogP contribution >= 0.6 is 0 Å². The fraction of sp³-hybridized carbons (Fsp3) is 0.647. The SMILES string of the molecule is O=C(O)CCC(=O)O.O=C(O)CCC(=O)O.O=C(O)CCC(=O)O.OCC(CO)(CO)CO. The standard InChI is InChI=1S/C5H12O4.3C4H6O4/c6-1-5(2-7,3-8)4-9;3*5-3(6)1-2-4(7)8/h6-9H,1-4H2;3*1-2H2,(H,5,6)(H,7,8). The molecule has 0 amide bonds. The Morgan fingerprint density at radius 3 is 0.515 bits per heavy atom. The number of aliphatic hydroxyl groups is 4. The zero-order chi connectivity index (χ0) is 27.0. The van der Waals surface area contributed by atoms with Gasteiger partial charge in [-0.15, -0.1) is 0 Å². The van der Waals surface area contributed by atoms with E-state index in [1.54, 1.807) is 0 Å². The minimum Gasteiger partial charge on any atom is -0.481 e. The topological polar surface area (TPSA) is 305 Å². The van der Waals surface area contributed by atoms with Crippen LogP contribution in [-0.4, -0.2) is 113 Å². The maximum Gasteiger partial charge on any atom is 0.303 e. The molecule has 16 heteroatoms. The lowest BCUT2D eigenvalue weighted by Crippen LogP contribution is -2.37. The van der Waals surface area contributed by atoms with Gasteiger partial charge in [0.15, 0.2) is 0 Å². The van der Waals surface area contributed by atoms with Crippen LogP contribution in [0.3, 0.4) is 0 Å². The molecule has 194 valence electrons. The van der Waals surface area contributed by atoms with Gasteiger partial charge in [0.25, 0.3) is 0 Å². The monoisotopic (exact) mass is 490 g/mol. The summed E-state index contributed by atoms with van der Waals surface area (Å²) in [7, 11) is 0. The van der Waals surface area contributed by atoms with Gasteiger partial charge in [-0.25, -0.2) is 0 Å². The lowest BCUT2D eigenvalue weighted by Gasteiger charge is -2.23. The van der Waals surface area contributed by atoms with Crippen molar-refractivity contribution < 1.29 is 79.8 Å². The van der Waals surface area contributed by atoms with E-state index in [2.05, 4.69) is 0 Å². The second-order valence-electron chi connectivity index (χ2n) is 5.99. The zero-order valence-corrected chi connectivity index (χ0v) is 17.5. The fourth-order valence-electron chi connectivity index (χ4n) is 0.942. The molecule has 0 saturated carbocycles. The number of aliphatic carboxylic acids is 6. The third-order valence-electron chi connectivity index (χ3n) is 3.00. The number of aliphatic hydroxyl groups excluding tert-OH is 4. The van der Waals surface area contributed by atoms with E-state index in [-0.39, 0.29) is 38.5 Å². The molecule has 0 heterocycles. The molecule has 0 spiro atoms. The first-order valence-electron chi connectivity index (χ1n) is 8.87. The Kier molecular flexibility index (Phi) is 26.2. The first kappa shape index (κ1) is 37.0. The molecule has 0 fully saturated rings. The minimum atomic E-state index is -1.11. The molecule has 0 aromatic rings. The largest absolute Gasteiger partial charge is 0.481 e. The van der Waals surface area contributed by atoms with E-state index in [9.17, 15) is 28.8 Å². The number of carboxylic acid groups (broad SMARTS) is 6. The normalized spacial score (nSPS) is 9.45. The van der Waals surface area contributed by atoms with Crippen molar-refractivity contribution in [3.63, 3.8) is 0 Å². The highest BCUT2D eigenvalue weighted by Crippen LogP contribution is 2.11. The van der Waals surface area contributed by atoms with Crippen LogP contribution in [0.25, 0.3) is 0 Å². The summed E-state index contributed by atoms with van der Waals surface area (Å²) in [5, 5.41) is 81.4. The third-order valence-corrected chi connectivity index (χ3v) is 3.00. The summed E-state index contributed by atoms with van der Waals surface area (Å²) < 4.78 is 0. The van der Waals surface area contributed by atoms with Crippen molar-refractivity contribution in [1.29, 1.82) is 0 Å².